The van der Waals surface area contributed by atoms with Gasteiger partial charge in [-0.2, -0.15) is 0 Å². The minimum Gasteiger partial charge on any atom is -0.305 e. The van der Waals surface area contributed by atoms with Gasteiger partial charge in [-0.15, -0.1) is 11.6 Å². The van der Waals surface area contributed by atoms with Gasteiger partial charge in [-0.25, -0.2) is 0 Å². The first-order valence-electron chi connectivity index (χ1n) is 4.50. The van der Waals surface area contributed by atoms with Crippen molar-refractivity contribution in [3.05, 3.63) is 35.9 Å². The second-order valence-electron chi connectivity index (χ2n) is 3.46. The van der Waals surface area contributed by atoms with Gasteiger partial charge >= 0.3 is 0 Å². The first kappa shape index (κ1) is 10.6. The highest BCUT2D eigenvalue weighted by atomic mass is 35.5. The maximum atomic E-state index is 5.87. The molecule has 0 heterocycles. The molecule has 1 nitrogen and oxygen atoms in total. The van der Waals surface area contributed by atoms with Crippen LogP contribution in [0.3, 0.4) is 0 Å². The van der Waals surface area contributed by atoms with E-state index in [1.165, 1.54) is 5.56 Å². The van der Waals surface area contributed by atoms with Crippen LogP contribution in [0, 0.1) is 0 Å². The minimum atomic E-state index is 0.434. The normalized spacial score (nSPS) is 13.2. The number of rotatable bonds is 4. The van der Waals surface area contributed by atoms with Crippen LogP contribution >= 0.6 is 11.6 Å². The molecule has 0 N–H and O–H groups in total. The van der Waals surface area contributed by atoms with Crippen molar-refractivity contribution in [2.45, 2.75) is 12.5 Å². The Morgan fingerprint density at radius 3 is 2.31 bits per heavy atom. The molecule has 13 heavy (non-hydrogen) atoms. The summed E-state index contributed by atoms with van der Waals surface area (Å²) >= 11 is 5.87. The van der Waals surface area contributed by atoms with Crippen molar-refractivity contribution in [2.24, 2.45) is 0 Å². The van der Waals surface area contributed by atoms with Gasteiger partial charge in [-0.05, 0) is 26.1 Å². The van der Waals surface area contributed by atoms with Crippen LogP contribution in [0.4, 0.5) is 0 Å². The first-order chi connectivity index (χ1) is 6.24. The van der Waals surface area contributed by atoms with Crippen molar-refractivity contribution in [3.63, 3.8) is 0 Å². The van der Waals surface area contributed by atoms with Crippen LogP contribution < -0.4 is 0 Å². The van der Waals surface area contributed by atoms with Crippen LogP contribution in [0.15, 0.2) is 30.3 Å². The molecule has 1 aromatic carbocycles. The Balaban J connectivity index is 2.57. The molecule has 0 aliphatic rings. The SMILES string of the molecule is CN(C)[C@H](CCl)Cc1ccccc1. The molecule has 1 rings (SSSR count). The summed E-state index contributed by atoms with van der Waals surface area (Å²) in [6.07, 6.45) is 1.03. The Labute approximate surface area is 85.3 Å². The summed E-state index contributed by atoms with van der Waals surface area (Å²) in [7, 11) is 4.13. The average molecular weight is 198 g/mol. The van der Waals surface area contributed by atoms with E-state index < -0.39 is 0 Å². The number of benzene rings is 1. The highest BCUT2D eigenvalue weighted by Gasteiger charge is 2.09. The van der Waals surface area contributed by atoms with E-state index in [0.717, 1.165) is 6.42 Å². The molecule has 0 aromatic heterocycles. The Kier molecular flexibility index (Phi) is 4.26. The van der Waals surface area contributed by atoms with E-state index in [9.17, 15) is 0 Å². The Bertz CT molecular complexity index is 233. The monoisotopic (exact) mass is 197 g/mol. The third-order valence-electron chi connectivity index (χ3n) is 2.22. The van der Waals surface area contributed by atoms with E-state index in [2.05, 4.69) is 43.3 Å². The molecule has 1 aromatic rings. The molecule has 0 saturated heterocycles. The van der Waals surface area contributed by atoms with E-state index in [-0.39, 0.29) is 0 Å². The van der Waals surface area contributed by atoms with Gasteiger partial charge in [0.2, 0.25) is 0 Å². The smallest absolute Gasteiger partial charge is 0.0382 e. The van der Waals surface area contributed by atoms with Crippen LogP contribution in [0.5, 0.6) is 0 Å². The van der Waals surface area contributed by atoms with Crippen LogP contribution in [0.1, 0.15) is 5.56 Å². The third kappa shape index (κ3) is 3.37. The number of hydrogen-bond donors (Lipinski definition) is 0. The number of halogens is 1. The second kappa shape index (κ2) is 5.25. The largest absolute Gasteiger partial charge is 0.305 e. The van der Waals surface area contributed by atoms with E-state index in [0.29, 0.717) is 11.9 Å². The topological polar surface area (TPSA) is 3.24 Å². The molecular formula is C11H16ClN. The second-order valence-corrected chi connectivity index (χ2v) is 3.77. The Hall–Kier alpha value is -0.530. The average Bonchev–Trinajstić information content (AvgIpc) is 2.15. The van der Waals surface area contributed by atoms with E-state index in [4.69, 9.17) is 11.6 Å². The first-order valence-corrected chi connectivity index (χ1v) is 5.04. The number of nitrogens with zero attached hydrogens (tertiary/aromatic N) is 1. The van der Waals surface area contributed by atoms with Crippen LogP contribution in [0.2, 0.25) is 0 Å². The van der Waals surface area contributed by atoms with Gasteiger partial charge in [-0.1, -0.05) is 30.3 Å². The van der Waals surface area contributed by atoms with Gasteiger partial charge in [0.05, 0.1) is 0 Å². The van der Waals surface area contributed by atoms with Gasteiger partial charge in [0, 0.05) is 11.9 Å². The Morgan fingerprint density at radius 2 is 1.85 bits per heavy atom. The zero-order valence-electron chi connectivity index (χ0n) is 8.20. The van der Waals surface area contributed by atoms with Crippen molar-refractivity contribution in [3.8, 4) is 0 Å². The lowest BCUT2D eigenvalue weighted by Crippen LogP contribution is -2.31. The highest BCUT2D eigenvalue weighted by Crippen LogP contribution is 2.07. The van der Waals surface area contributed by atoms with Crippen molar-refractivity contribution in [1.29, 1.82) is 0 Å². The van der Waals surface area contributed by atoms with Crippen LogP contribution in [-0.2, 0) is 6.42 Å². The van der Waals surface area contributed by atoms with Gasteiger partial charge in [0.15, 0.2) is 0 Å². The van der Waals surface area contributed by atoms with Crippen molar-refractivity contribution >= 4 is 11.6 Å². The summed E-state index contributed by atoms with van der Waals surface area (Å²) in [4.78, 5) is 2.17. The van der Waals surface area contributed by atoms with Crippen molar-refractivity contribution in [1.82, 2.24) is 4.90 Å². The zero-order chi connectivity index (χ0) is 9.68. The molecule has 0 aliphatic carbocycles. The minimum absolute atomic E-state index is 0.434. The van der Waals surface area contributed by atoms with Gasteiger partial charge in [0.25, 0.3) is 0 Å². The molecule has 0 fully saturated rings. The van der Waals surface area contributed by atoms with Crippen molar-refractivity contribution in [2.75, 3.05) is 20.0 Å². The summed E-state index contributed by atoms with van der Waals surface area (Å²) in [5.41, 5.74) is 1.35. The lowest BCUT2D eigenvalue weighted by molar-refractivity contribution is 0.315. The molecule has 0 aliphatic heterocycles. The van der Waals surface area contributed by atoms with Crippen LogP contribution in [0.25, 0.3) is 0 Å². The predicted molar refractivity (Wildman–Crippen MR) is 58.3 cm³/mol. The lowest BCUT2D eigenvalue weighted by Gasteiger charge is -2.21. The molecule has 0 saturated carbocycles. The van der Waals surface area contributed by atoms with Gasteiger partial charge in [-0.3, -0.25) is 0 Å². The third-order valence-corrected chi connectivity index (χ3v) is 2.58. The van der Waals surface area contributed by atoms with Crippen LogP contribution in [-0.4, -0.2) is 30.9 Å². The van der Waals surface area contributed by atoms with E-state index >= 15 is 0 Å². The Morgan fingerprint density at radius 1 is 1.23 bits per heavy atom. The summed E-state index contributed by atoms with van der Waals surface area (Å²) in [6.45, 7) is 0. The predicted octanol–water partition coefficient (Wildman–Crippen LogP) is 2.40. The molecule has 0 radical (unpaired) electrons. The summed E-state index contributed by atoms with van der Waals surface area (Å²) in [5.74, 6) is 0.682. The summed E-state index contributed by atoms with van der Waals surface area (Å²) in [6, 6.07) is 10.9. The number of likely N-dealkylation sites (N-methyl/N-ethyl adjacent to an activating group) is 1. The molecule has 2 heteroatoms. The molecule has 72 valence electrons. The lowest BCUT2D eigenvalue weighted by atomic mass is 10.1. The fraction of sp³-hybridized carbons (Fsp3) is 0.455. The molecule has 0 amide bonds. The molecular weight excluding hydrogens is 182 g/mol. The van der Waals surface area contributed by atoms with E-state index in [1.807, 2.05) is 6.07 Å². The van der Waals surface area contributed by atoms with Gasteiger partial charge < -0.3 is 4.90 Å². The summed E-state index contributed by atoms with van der Waals surface area (Å²) < 4.78 is 0. The zero-order valence-corrected chi connectivity index (χ0v) is 8.96. The highest BCUT2D eigenvalue weighted by molar-refractivity contribution is 6.18. The van der Waals surface area contributed by atoms with E-state index in [1.54, 1.807) is 0 Å². The molecule has 0 unspecified atom stereocenters. The molecule has 0 bridgehead atoms. The maximum Gasteiger partial charge on any atom is 0.0382 e. The standard InChI is InChI=1S/C11H16ClN/c1-13(2)11(9-12)8-10-6-4-3-5-7-10/h3-7,11H,8-9H2,1-2H3/t11-/m0/s1. The van der Waals surface area contributed by atoms with Crippen molar-refractivity contribution < 1.29 is 0 Å². The summed E-state index contributed by atoms with van der Waals surface area (Å²) in [5, 5.41) is 0. The van der Waals surface area contributed by atoms with Gasteiger partial charge in [0.1, 0.15) is 0 Å². The molecule has 0 spiro atoms. The fourth-order valence-electron chi connectivity index (χ4n) is 1.26. The number of alkyl halides is 1. The molecule has 1 atom stereocenters. The fourth-order valence-corrected chi connectivity index (χ4v) is 1.65. The number of hydrogen-bond acceptors (Lipinski definition) is 1. The quantitative estimate of drug-likeness (QED) is 0.671. The maximum absolute atomic E-state index is 5.87.